The van der Waals surface area contributed by atoms with Gasteiger partial charge in [0.15, 0.2) is 0 Å². The van der Waals surface area contributed by atoms with Gasteiger partial charge in [0.2, 0.25) is 0 Å². The zero-order chi connectivity index (χ0) is 26.7. The molecule has 2 nitrogen and oxygen atoms in total. The zero-order valence-electron chi connectivity index (χ0n) is 26.1. The molecule has 0 fully saturated rings. The van der Waals surface area contributed by atoms with Gasteiger partial charge in [-0.3, -0.25) is 0 Å². The molecule has 0 aliphatic carbocycles. The van der Waals surface area contributed by atoms with Gasteiger partial charge in [-0.25, -0.2) is 0 Å². The van der Waals surface area contributed by atoms with Crippen LogP contribution >= 0.6 is 0 Å². The Bertz CT molecular complexity index is 474. The minimum atomic E-state index is 0.620. The van der Waals surface area contributed by atoms with E-state index >= 15 is 0 Å². The Balaban J connectivity index is 1.90. The molecule has 0 spiro atoms. The fourth-order valence-corrected chi connectivity index (χ4v) is 6.10. The van der Waals surface area contributed by atoms with E-state index in [4.69, 9.17) is 0 Å². The molecule has 0 saturated heterocycles. The van der Waals surface area contributed by atoms with Crippen LogP contribution < -0.4 is 0 Å². The van der Waals surface area contributed by atoms with Gasteiger partial charge in [-0.15, -0.1) is 0 Å². The maximum absolute atomic E-state index is 2.63. The average molecular weight is 519 g/mol. The molecule has 2 heteroatoms. The summed E-state index contributed by atoms with van der Waals surface area (Å²) in [5, 5.41) is 0. The Labute approximate surface area is 235 Å². The van der Waals surface area contributed by atoms with E-state index in [0.717, 1.165) is 0 Å². The van der Waals surface area contributed by atoms with Gasteiger partial charge in [0.1, 0.15) is 6.17 Å². The van der Waals surface area contributed by atoms with Crippen molar-refractivity contribution in [3.05, 3.63) is 12.4 Å². The molecule has 1 heterocycles. The van der Waals surface area contributed by atoms with Crippen LogP contribution in [0.5, 0.6) is 0 Å². The van der Waals surface area contributed by atoms with E-state index in [9.17, 15) is 0 Å². The third kappa shape index (κ3) is 20.0. The number of hydrogen-bond acceptors (Lipinski definition) is 2. The van der Waals surface area contributed by atoms with Crippen LogP contribution in [0.4, 0.5) is 0 Å². The first-order valence-corrected chi connectivity index (χ1v) is 17.5. The van der Waals surface area contributed by atoms with E-state index in [-0.39, 0.29) is 0 Å². The molecule has 0 aromatic rings. The van der Waals surface area contributed by atoms with E-state index in [1.54, 1.807) is 0 Å². The highest BCUT2D eigenvalue weighted by molar-refractivity contribution is 4.96. The summed E-state index contributed by atoms with van der Waals surface area (Å²) in [6.45, 7) is 9.48. The summed E-state index contributed by atoms with van der Waals surface area (Å²) in [6.07, 6.45) is 44.1. The predicted octanol–water partition coefficient (Wildman–Crippen LogP) is 12.0. The monoisotopic (exact) mass is 519 g/mol. The van der Waals surface area contributed by atoms with Crippen LogP contribution in [0.2, 0.25) is 0 Å². The second-order valence-electron chi connectivity index (χ2n) is 12.1. The third-order valence-corrected chi connectivity index (χ3v) is 8.62. The fourth-order valence-electron chi connectivity index (χ4n) is 6.10. The minimum absolute atomic E-state index is 0.620. The quantitative estimate of drug-likeness (QED) is 0.0908. The average Bonchev–Trinajstić information content (AvgIpc) is 3.31. The van der Waals surface area contributed by atoms with Crippen molar-refractivity contribution in [1.82, 2.24) is 9.80 Å². The summed E-state index contributed by atoms with van der Waals surface area (Å²) in [5.74, 6) is 0. The molecular formula is C35H70N2. The zero-order valence-corrected chi connectivity index (χ0v) is 26.1. The summed E-state index contributed by atoms with van der Waals surface area (Å²) in [6, 6.07) is 0. The van der Waals surface area contributed by atoms with E-state index in [1.165, 1.54) is 186 Å². The van der Waals surface area contributed by atoms with Gasteiger partial charge < -0.3 is 9.80 Å². The number of rotatable bonds is 29. The van der Waals surface area contributed by atoms with Crippen LogP contribution in [0.1, 0.15) is 194 Å². The van der Waals surface area contributed by atoms with Gasteiger partial charge >= 0.3 is 0 Å². The Morgan fingerprint density at radius 3 is 0.838 bits per heavy atom. The van der Waals surface area contributed by atoms with E-state index in [1.807, 2.05) is 0 Å². The summed E-state index contributed by atoms with van der Waals surface area (Å²) < 4.78 is 0. The maximum Gasteiger partial charge on any atom is 0.100 e. The molecular weight excluding hydrogens is 448 g/mol. The fraction of sp³-hybridized carbons (Fsp3) is 0.943. The van der Waals surface area contributed by atoms with Crippen molar-refractivity contribution in [3.63, 3.8) is 0 Å². The van der Waals surface area contributed by atoms with Crippen LogP contribution in [0.3, 0.4) is 0 Å². The molecule has 1 atom stereocenters. The molecule has 0 radical (unpaired) electrons. The first-order valence-electron chi connectivity index (χ1n) is 17.5. The Hall–Kier alpha value is -0.660. The van der Waals surface area contributed by atoms with Gasteiger partial charge in [-0.05, 0) is 19.3 Å². The molecule has 1 unspecified atom stereocenters. The van der Waals surface area contributed by atoms with Gasteiger partial charge in [0, 0.05) is 25.5 Å². The topological polar surface area (TPSA) is 6.48 Å². The molecule has 37 heavy (non-hydrogen) atoms. The van der Waals surface area contributed by atoms with Crippen LogP contribution in [0.25, 0.3) is 0 Å². The molecule has 220 valence electrons. The molecule has 0 bridgehead atoms. The first-order chi connectivity index (χ1) is 18.3. The lowest BCUT2D eigenvalue weighted by Gasteiger charge is -2.32. The smallest absolute Gasteiger partial charge is 0.100 e. The second kappa shape index (κ2) is 26.9. The van der Waals surface area contributed by atoms with E-state index < -0.39 is 0 Å². The maximum atomic E-state index is 2.63. The third-order valence-electron chi connectivity index (χ3n) is 8.62. The molecule has 1 aliphatic heterocycles. The van der Waals surface area contributed by atoms with Crippen molar-refractivity contribution in [2.75, 3.05) is 13.1 Å². The molecule has 0 saturated carbocycles. The normalized spacial score (nSPS) is 15.4. The summed E-state index contributed by atoms with van der Waals surface area (Å²) in [4.78, 5) is 5.25. The van der Waals surface area contributed by atoms with Crippen LogP contribution in [-0.2, 0) is 0 Å². The highest BCUT2D eigenvalue weighted by Gasteiger charge is 2.23. The molecule has 0 aromatic carbocycles. The van der Waals surface area contributed by atoms with Crippen LogP contribution in [0.15, 0.2) is 12.4 Å². The number of hydrogen-bond donors (Lipinski definition) is 0. The van der Waals surface area contributed by atoms with Gasteiger partial charge in [-0.1, -0.05) is 175 Å². The lowest BCUT2D eigenvalue weighted by molar-refractivity contribution is 0.144. The Morgan fingerprint density at radius 1 is 0.351 bits per heavy atom. The summed E-state index contributed by atoms with van der Waals surface area (Å²) >= 11 is 0. The lowest BCUT2D eigenvalue weighted by atomic mass is 10.0. The molecule has 0 aromatic heterocycles. The van der Waals surface area contributed by atoms with E-state index in [2.05, 4.69) is 43.0 Å². The first kappa shape index (κ1) is 34.4. The number of unbranched alkanes of at least 4 members (excludes halogenated alkanes) is 24. The summed E-state index contributed by atoms with van der Waals surface area (Å²) in [5.41, 5.74) is 0. The Morgan fingerprint density at radius 2 is 0.595 bits per heavy atom. The van der Waals surface area contributed by atoms with Crippen molar-refractivity contribution >= 4 is 0 Å². The largest absolute Gasteiger partial charge is 0.356 e. The SMILES string of the molecule is CCCCCCCCCCCCCCCCN1C=CN(CCCCCCCCCCCCCC)C1CC. The van der Waals surface area contributed by atoms with Crippen molar-refractivity contribution in [1.29, 1.82) is 0 Å². The van der Waals surface area contributed by atoms with Gasteiger partial charge in [-0.2, -0.15) is 0 Å². The standard InChI is InChI=1S/C35H70N2/c1-4-7-9-11-13-15-17-19-20-22-24-26-28-30-32-37-34-33-36(35(37)6-3)31-29-27-25-23-21-18-16-14-12-10-8-5-2/h33-35H,4-32H2,1-3H3. The van der Waals surface area contributed by atoms with Crippen LogP contribution in [-0.4, -0.2) is 29.1 Å². The lowest BCUT2D eigenvalue weighted by Crippen LogP contribution is -2.38. The van der Waals surface area contributed by atoms with Crippen molar-refractivity contribution in [2.45, 2.75) is 200 Å². The predicted molar refractivity (Wildman–Crippen MR) is 168 cm³/mol. The molecule has 1 rings (SSSR count). The molecule has 1 aliphatic rings. The highest BCUT2D eigenvalue weighted by Crippen LogP contribution is 2.21. The minimum Gasteiger partial charge on any atom is -0.356 e. The highest BCUT2D eigenvalue weighted by atomic mass is 15.4. The number of nitrogens with zero attached hydrogens (tertiary/aromatic N) is 2. The van der Waals surface area contributed by atoms with E-state index in [0.29, 0.717) is 6.17 Å². The van der Waals surface area contributed by atoms with Crippen molar-refractivity contribution < 1.29 is 0 Å². The molecule has 0 amide bonds. The second-order valence-corrected chi connectivity index (χ2v) is 12.1. The summed E-state index contributed by atoms with van der Waals surface area (Å²) in [7, 11) is 0. The molecule has 0 N–H and O–H groups in total. The Kier molecular flexibility index (Phi) is 25.0. The van der Waals surface area contributed by atoms with Gasteiger partial charge in [0.25, 0.3) is 0 Å². The van der Waals surface area contributed by atoms with Gasteiger partial charge in [0.05, 0.1) is 0 Å². The van der Waals surface area contributed by atoms with Crippen molar-refractivity contribution in [3.8, 4) is 0 Å². The van der Waals surface area contributed by atoms with Crippen molar-refractivity contribution in [2.24, 2.45) is 0 Å². The van der Waals surface area contributed by atoms with Crippen LogP contribution in [0, 0.1) is 0 Å².